The number of anilines is 1. The summed E-state index contributed by atoms with van der Waals surface area (Å²) < 4.78 is 6.28. The summed E-state index contributed by atoms with van der Waals surface area (Å²) in [4.78, 5) is 14.9. The Bertz CT molecular complexity index is 326. The fourth-order valence-corrected chi connectivity index (χ4v) is 1.14. The highest BCUT2D eigenvalue weighted by molar-refractivity contribution is 5.68. The minimum atomic E-state index is -0.367. The van der Waals surface area contributed by atoms with Crippen LogP contribution in [0.25, 0.3) is 0 Å². The van der Waals surface area contributed by atoms with Gasteiger partial charge in [-0.3, -0.25) is 4.79 Å². The molecule has 0 aliphatic rings. The van der Waals surface area contributed by atoms with Crippen LogP contribution in [0.3, 0.4) is 0 Å². The topological polar surface area (TPSA) is 103 Å². The van der Waals surface area contributed by atoms with E-state index >= 15 is 0 Å². The van der Waals surface area contributed by atoms with Crippen LogP contribution in [-0.4, -0.2) is 39.1 Å². The quantitative estimate of drug-likeness (QED) is 0.484. The average molecular weight is 228 g/mol. The second kappa shape index (κ2) is 6.78. The van der Waals surface area contributed by atoms with Crippen molar-refractivity contribution < 1.29 is 14.6 Å². The summed E-state index contributed by atoms with van der Waals surface area (Å²) >= 11 is 0. The maximum Gasteiger partial charge on any atom is 0.327 e. The molecule has 1 aromatic rings. The molecule has 1 rings (SSSR count). The minimum absolute atomic E-state index is 0.0181. The van der Waals surface area contributed by atoms with Crippen LogP contribution in [0, 0.1) is 0 Å². The number of aliphatic hydroxyl groups excluding tert-OH is 1. The van der Waals surface area contributed by atoms with Gasteiger partial charge in [-0.2, -0.15) is 0 Å². The molecule has 16 heavy (non-hydrogen) atoms. The Labute approximate surface area is 93.2 Å². The van der Waals surface area contributed by atoms with Crippen molar-refractivity contribution in [3.05, 3.63) is 6.33 Å². The zero-order chi connectivity index (χ0) is 11.8. The Morgan fingerprint density at radius 1 is 1.50 bits per heavy atom. The summed E-state index contributed by atoms with van der Waals surface area (Å²) in [5.41, 5.74) is 5.29. The highest BCUT2D eigenvalue weighted by Crippen LogP contribution is 1.96. The van der Waals surface area contributed by atoms with Crippen LogP contribution in [0.4, 0.5) is 5.95 Å². The first kappa shape index (κ1) is 12.4. The van der Waals surface area contributed by atoms with Gasteiger partial charge in [-0.1, -0.05) is 0 Å². The number of aromatic nitrogens is 3. The zero-order valence-electron chi connectivity index (χ0n) is 9.00. The number of esters is 1. The Kier molecular flexibility index (Phi) is 5.27. The molecular formula is C9H16N4O3. The molecule has 0 aliphatic heterocycles. The van der Waals surface area contributed by atoms with Crippen molar-refractivity contribution in [2.75, 3.05) is 18.9 Å². The predicted octanol–water partition coefficient (Wildman–Crippen LogP) is -0.434. The standard InChI is InChI=1S/C9H16N4O3/c10-9-11-7-13(12-9)6-8(15)16-5-3-1-2-4-14/h7,14H,1-6H2,(H2,10,12). The molecule has 7 heteroatoms. The van der Waals surface area contributed by atoms with Crippen molar-refractivity contribution in [3.63, 3.8) is 0 Å². The summed E-state index contributed by atoms with van der Waals surface area (Å²) in [6.07, 6.45) is 3.71. The van der Waals surface area contributed by atoms with Gasteiger partial charge >= 0.3 is 5.97 Å². The van der Waals surface area contributed by atoms with Crippen molar-refractivity contribution in [2.45, 2.75) is 25.8 Å². The second-order valence-electron chi connectivity index (χ2n) is 3.31. The number of nitrogen functional groups attached to an aromatic ring is 1. The lowest BCUT2D eigenvalue weighted by Crippen LogP contribution is -2.14. The fourth-order valence-electron chi connectivity index (χ4n) is 1.14. The summed E-state index contributed by atoms with van der Waals surface area (Å²) in [7, 11) is 0. The van der Waals surface area contributed by atoms with E-state index in [-0.39, 0.29) is 25.1 Å². The fraction of sp³-hybridized carbons (Fsp3) is 0.667. The molecule has 0 saturated carbocycles. The summed E-state index contributed by atoms with van der Waals surface area (Å²) in [6, 6.07) is 0. The minimum Gasteiger partial charge on any atom is -0.464 e. The molecule has 0 aliphatic carbocycles. The first-order valence-corrected chi connectivity index (χ1v) is 5.14. The third kappa shape index (κ3) is 4.74. The lowest BCUT2D eigenvalue weighted by molar-refractivity contribution is -0.144. The molecule has 0 saturated heterocycles. The van der Waals surface area contributed by atoms with Crippen molar-refractivity contribution in [1.82, 2.24) is 14.8 Å². The van der Waals surface area contributed by atoms with Crippen LogP contribution in [0.5, 0.6) is 0 Å². The molecule has 0 aromatic carbocycles. The molecule has 1 heterocycles. The van der Waals surface area contributed by atoms with Crippen molar-refractivity contribution in [1.29, 1.82) is 0 Å². The summed E-state index contributed by atoms with van der Waals surface area (Å²) in [6.45, 7) is 0.555. The zero-order valence-corrected chi connectivity index (χ0v) is 9.00. The maximum absolute atomic E-state index is 11.3. The van der Waals surface area contributed by atoms with Crippen molar-refractivity contribution in [3.8, 4) is 0 Å². The van der Waals surface area contributed by atoms with E-state index in [0.717, 1.165) is 19.3 Å². The number of carbonyl (C=O) groups excluding carboxylic acids is 1. The van der Waals surface area contributed by atoms with E-state index in [4.69, 9.17) is 15.6 Å². The number of ether oxygens (including phenoxy) is 1. The molecule has 0 bridgehead atoms. The van der Waals surface area contributed by atoms with Gasteiger partial charge < -0.3 is 15.6 Å². The first-order chi connectivity index (χ1) is 7.72. The largest absolute Gasteiger partial charge is 0.464 e. The molecule has 0 fully saturated rings. The monoisotopic (exact) mass is 228 g/mol. The number of aliphatic hydroxyl groups is 1. The molecule has 0 unspecified atom stereocenters. The normalized spacial score (nSPS) is 10.3. The third-order valence-electron chi connectivity index (χ3n) is 1.91. The highest BCUT2D eigenvalue weighted by Gasteiger charge is 2.05. The van der Waals surface area contributed by atoms with Gasteiger partial charge in [-0.05, 0) is 19.3 Å². The van der Waals surface area contributed by atoms with Crippen LogP contribution in [0.15, 0.2) is 6.33 Å². The summed E-state index contributed by atoms with van der Waals surface area (Å²) in [5.74, 6) is -0.232. The Morgan fingerprint density at radius 2 is 2.31 bits per heavy atom. The van der Waals surface area contributed by atoms with E-state index in [1.165, 1.54) is 11.0 Å². The average Bonchev–Trinajstić information content (AvgIpc) is 2.63. The van der Waals surface area contributed by atoms with E-state index in [1.807, 2.05) is 0 Å². The Hall–Kier alpha value is -1.63. The second-order valence-corrected chi connectivity index (χ2v) is 3.31. The lowest BCUT2D eigenvalue weighted by atomic mass is 10.2. The van der Waals surface area contributed by atoms with Gasteiger partial charge in [0.2, 0.25) is 5.95 Å². The van der Waals surface area contributed by atoms with Gasteiger partial charge in [-0.25, -0.2) is 9.67 Å². The Balaban J connectivity index is 2.11. The van der Waals surface area contributed by atoms with Crippen LogP contribution < -0.4 is 5.73 Å². The van der Waals surface area contributed by atoms with Crippen LogP contribution in [0.2, 0.25) is 0 Å². The van der Waals surface area contributed by atoms with Gasteiger partial charge in [0.25, 0.3) is 0 Å². The van der Waals surface area contributed by atoms with E-state index < -0.39 is 0 Å². The predicted molar refractivity (Wildman–Crippen MR) is 56.3 cm³/mol. The first-order valence-electron chi connectivity index (χ1n) is 5.14. The Morgan fingerprint density at radius 3 is 2.94 bits per heavy atom. The molecule has 7 nitrogen and oxygen atoms in total. The number of hydrogen-bond acceptors (Lipinski definition) is 6. The number of carbonyl (C=O) groups is 1. The number of rotatable bonds is 7. The molecule has 0 amide bonds. The van der Waals surface area contributed by atoms with Crippen molar-refractivity contribution in [2.24, 2.45) is 0 Å². The van der Waals surface area contributed by atoms with Gasteiger partial charge in [0.15, 0.2) is 0 Å². The number of hydrogen-bond donors (Lipinski definition) is 2. The van der Waals surface area contributed by atoms with Crippen LogP contribution in [0.1, 0.15) is 19.3 Å². The highest BCUT2D eigenvalue weighted by atomic mass is 16.5. The van der Waals surface area contributed by atoms with Crippen molar-refractivity contribution >= 4 is 11.9 Å². The van der Waals surface area contributed by atoms with Gasteiger partial charge in [0.1, 0.15) is 12.9 Å². The van der Waals surface area contributed by atoms with Crippen LogP contribution in [-0.2, 0) is 16.1 Å². The molecule has 90 valence electrons. The number of nitrogens with two attached hydrogens (primary N) is 1. The number of nitrogens with zero attached hydrogens (tertiary/aromatic N) is 3. The van der Waals surface area contributed by atoms with E-state index in [1.54, 1.807) is 0 Å². The third-order valence-corrected chi connectivity index (χ3v) is 1.91. The van der Waals surface area contributed by atoms with Gasteiger partial charge in [-0.15, -0.1) is 5.10 Å². The SMILES string of the molecule is Nc1ncn(CC(=O)OCCCCCO)n1. The molecular weight excluding hydrogens is 212 g/mol. The molecule has 3 N–H and O–H groups in total. The van der Waals surface area contributed by atoms with E-state index in [9.17, 15) is 4.79 Å². The molecule has 0 spiro atoms. The number of unbranched alkanes of at least 4 members (excludes halogenated alkanes) is 2. The molecule has 0 radical (unpaired) electrons. The van der Waals surface area contributed by atoms with Gasteiger partial charge in [0, 0.05) is 6.61 Å². The lowest BCUT2D eigenvalue weighted by Gasteiger charge is -2.03. The maximum atomic E-state index is 11.3. The molecule has 0 atom stereocenters. The van der Waals surface area contributed by atoms with E-state index in [2.05, 4.69) is 10.1 Å². The molecule has 1 aromatic heterocycles. The smallest absolute Gasteiger partial charge is 0.327 e. The van der Waals surface area contributed by atoms with Gasteiger partial charge in [0.05, 0.1) is 6.61 Å². The summed E-state index contributed by atoms with van der Waals surface area (Å²) in [5, 5.41) is 12.3. The van der Waals surface area contributed by atoms with Crippen LogP contribution >= 0.6 is 0 Å². The van der Waals surface area contributed by atoms with E-state index in [0.29, 0.717) is 6.61 Å².